The Bertz CT molecular complexity index is 257. The van der Waals surface area contributed by atoms with Crippen molar-refractivity contribution in [1.29, 1.82) is 0 Å². The molecule has 78 valence electrons. The highest BCUT2D eigenvalue weighted by molar-refractivity contribution is 5.20. The van der Waals surface area contributed by atoms with Crippen LogP contribution in [-0.4, -0.2) is 5.11 Å². The summed E-state index contributed by atoms with van der Waals surface area (Å²) in [5.41, 5.74) is 2.20. The van der Waals surface area contributed by atoms with E-state index >= 15 is 0 Å². The van der Waals surface area contributed by atoms with Crippen LogP contribution in [0.2, 0.25) is 0 Å². The first kappa shape index (κ1) is 11.3. The maximum absolute atomic E-state index is 8.63. The first-order chi connectivity index (χ1) is 6.63. The van der Waals surface area contributed by atoms with Crippen molar-refractivity contribution in [2.24, 2.45) is 11.8 Å². The molecule has 0 bridgehead atoms. The number of hydrogen-bond acceptors (Lipinski definition) is 1. The SMILES string of the molecule is CC1CC1C.Cc1ccc(CO)cc1. The van der Waals surface area contributed by atoms with Gasteiger partial charge in [-0.05, 0) is 30.7 Å². The fourth-order valence-electron chi connectivity index (χ4n) is 1.20. The number of rotatable bonds is 1. The van der Waals surface area contributed by atoms with E-state index in [-0.39, 0.29) is 6.61 Å². The van der Waals surface area contributed by atoms with E-state index in [0.29, 0.717) is 0 Å². The van der Waals surface area contributed by atoms with Crippen LogP contribution in [0.4, 0.5) is 0 Å². The van der Waals surface area contributed by atoms with Gasteiger partial charge in [0.2, 0.25) is 0 Å². The second-order valence-electron chi connectivity index (χ2n) is 4.33. The zero-order valence-electron chi connectivity index (χ0n) is 9.33. The third kappa shape index (κ3) is 3.93. The molecule has 2 atom stereocenters. The van der Waals surface area contributed by atoms with Crippen LogP contribution in [-0.2, 0) is 6.61 Å². The van der Waals surface area contributed by atoms with Crippen LogP contribution in [0.3, 0.4) is 0 Å². The molecule has 1 aromatic carbocycles. The molecule has 1 nitrogen and oxygen atoms in total. The Hall–Kier alpha value is -0.820. The lowest BCUT2D eigenvalue weighted by molar-refractivity contribution is 0.282. The number of aliphatic hydroxyl groups is 1. The lowest BCUT2D eigenvalue weighted by Gasteiger charge is -1.93. The van der Waals surface area contributed by atoms with Crippen LogP contribution < -0.4 is 0 Å². The lowest BCUT2D eigenvalue weighted by atomic mass is 10.2. The van der Waals surface area contributed by atoms with Gasteiger partial charge in [-0.2, -0.15) is 0 Å². The summed E-state index contributed by atoms with van der Waals surface area (Å²) < 4.78 is 0. The van der Waals surface area contributed by atoms with Crippen LogP contribution in [0.1, 0.15) is 31.4 Å². The van der Waals surface area contributed by atoms with Gasteiger partial charge in [-0.25, -0.2) is 0 Å². The van der Waals surface area contributed by atoms with Gasteiger partial charge < -0.3 is 5.11 Å². The minimum Gasteiger partial charge on any atom is -0.392 e. The minimum absolute atomic E-state index is 0.139. The zero-order valence-corrected chi connectivity index (χ0v) is 9.33. The molecule has 0 heterocycles. The lowest BCUT2D eigenvalue weighted by Crippen LogP contribution is -1.80. The predicted molar refractivity (Wildman–Crippen MR) is 60.0 cm³/mol. The average molecular weight is 192 g/mol. The molecule has 1 aromatic rings. The molecule has 14 heavy (non-hydrogen) atoms. The van der Waals surface area contributed by atoms with E-state index in [2.05, 4.69) is 13.8 Å². The molecule has 0 aromatic heterocycles. The third-order valence-corrected chi connectivity index (χ3v) is 2.82. The molecule has 1 heteroatoms. The Kier molecular flexibility index (Phi) is 4.15. The summed E-state index contributed by atoms with van der Waals surface area (Å²) in [5, 5.41) is 8.63. The maximum atomic E-state index is 8.63. The molecule has 0 spiro atoms. The summed E-state index contributed by atoms with van der Waals surface area (Å²) in [5.74, 6) is 2.10. The molecular formula is C13H20O. The second-order valence-corrected chi connectivity index (χ2v) is 4.33. The highest BCUT2D eigenvalue weighted by atomic mass is 16.3. The monoisotopic (exact) mass is 192 g/mol. The largest absolute Gasteiger partial charge is 0.392 e. The Morgan fingerprint density at radius 3 is 1.86 bits per heavy atom. The van der Waals surface area contributed by atoms with Gasteiger partial charge in [0.25, 0.3) is 0 Å². The molecule has 1 fully saturated rings. The second kappa shape index (κ2) is 5.16. The van der Waals surface area contributed by atoms with Crippen molar-refractivity contribution in [2.75, 3.05) is 0 Å². The average Bonchev–Trinajstić information content (AvgIpc) is 2.82. The van der Waals surface area contributed by atoms with Crippen LogP contribution in [0, 0.1) is 18.8 Å². The van der Waals surface area contributed by atoms with Crippen molar-refractivity contribution >= 4 is 0 Å². The fraction of sp³-hybridized carbons (Fsp3) is 0.538. The first-order valence-electron chi connectivity index (χ1n) is 5.30. The standard InChI is InChI=1S/C8H10O.C5H10/c1-7-2-4-8(6-9)5-3-7;1-4-3-5(4)2/h2-5,9H,6H2,1H3;4-5H,3H2,1-2H3. The van der Waals surface area contributed by atoms with E-state index in [9.17, 15) is 0 Å². The van der Waals surface area contributed by atoms with E-state index in [4.69, 9.17) is 5.11 Å². The Labute approximate surface area is 86.8 Å². The Morgan fingerprint density at radius 2 is 1.57 bits per heavy atom. The third-order valence-electron chi connectivity index (χ3n) is 2.82. The summed E-state index contributed by atoms with van der Waals surface area (Å²) in [6, 6.07) is 7.84. The summed E-state index contributed by atoms with van der Waals surface area (Å²) >= 11 is 0. The molecule has 1 N–H and O–H groups in total. The topological polar surface area (TPSA) is 20.2 Å². The number of aryl methyl sites for hydroxylation is 1. The van der Waals surface area contributed by atoms with Gasteiger partial charge in [0.05, 0.1) is 6.61 Å². The molecule has 1 aliphatic carbocycles. The highest BCUT2D eigenvalue weighted by Gasteiger charge is 2.26. The fourth-order valence-corrected chi connectivity index (χ4v) is 1.20. The Morgan fingerprint density at radius 1 is 1.14 bits per heavy atom. The molecule has 0 radical (unpaired) electrons. The van der Waals surface area contributed by atoms with Crippen LogP contribution in [0.25, 0.3) is 0 Å². The van der Waals surface area contributed by atoms with E-state index in [0.717, 1.165) is 17.4 Å². The van der Waals surface area contributed by atoms with Crippen LogP contribution >= 0.6 is 0 Å². The summed E-state index contributed by atoms with van der Waals surface area (Å²) in [4.78, 5) is 0. The van der Waals surface area contributed by atoms with Crippen molar-refractivity contribution in [3.8, 4) is 0 Å². The molecule has 2 unspecified atom stereocenters. The minimum atomic E-state index is 0.139. The summed E-state index contributed by atoms with van der Waals surface area (Å²) in [6.07, 6.45) is 1.47. The molecule has 0 amide bonds. The van der Waals surface area contributed by atoms with Gasteiger partial charge in [-0.1, -0.05) is 43.7 Å². The molecular weight excluding hydrogens is 172 g/mol. The molecule has 1 saturated carbocycles. The van der Waals surface area contributed by atoms with Gasteiger partial charge in [-0.15, -0.1) is 0 Å². The van der Waals surface area contributed by atoms with Crippen molar-refractivity contribution in [1.82, 2.24) is 0 Å². The van der Waals surface area contributed by atoms with Gasteiger partial charge in [0.15, 0.2) is 0 Å². The van der Waals surface area contributed by atoms with Gasteiger partial charge >= 0.3 is 0 Å². The van der Waals surface area contributed by atoms with Crippen molar-refractivity contribution < 1.29 is 5.11 Å². The van der Waals surface area contributed by atoms with E-state index in [1.54, 1.807) is 0 Å². The van der Waals surface area contributed by atoms with E-state index in [1.165, 1.54) is 12.0 Å². The molecule has 0 aliphatic heterocycles. The molecule has 2 rings (SSSR count). The Balaban J connectivity index is 0.000000165. The zero-order chi connectivity index (χ0) is 10.6. The summed E-state index contributed by atoms with van der Waals surface area (Å²) in [7, 11) is 0. The van der Waals surface area contributed by atoms with Crippen LogP contribution in [0.15, 0.2) is 24.3 Å². The highest BCUT2D eigenvalue weighted by Crippen LogP contribution is 2.36. The normalized spacial score (nSPS) is 23.7. The van der Waals surface area contributed by atoms with Crippen molar-refractivity contribution in [2.45, 2.75) is 33.8 Å². The van der Waals surface area contributed by atoms with Gasteiger partial charge in [-0.3, -0.25) is 0 Å². The first-order valence-corrected chi connectivity index (χ1v) is 5.30. The number of hydrogen-bond donors (Lipinski definition) is 1. The van der Waals surface area contributed by atoms with Gasteiger partial charge in [0, 0.05) is 0 Å². The number of aliphatic hydroxyl groups excluding tert-OH is 1. The number of benzene rings is 1. The maximum Gasteiger partial charge on any atom is 0.0681 e. The smallest absolute Gasteiger partial charge is 0.0681 e. The summed E-state index contributed by atoms with van der Waals surface area (Å²) in [6.45, 7) is 6.76. The molecule has 1 aliphatic rings. The van der Waals surface area contributed by atoms with Gasteiger partial charge in [0.1, 0.15) is 0 Å². The quantitative estimate of drug-likeness (QED) is 0.724. The van der Waals surface area contributed by atoms with Crippen LogP contribution in [0.5, 0.6) is 0 Å². The van der Waals surface area contributed by atoms with Crippen molar-refractivity contribution in [3.63, 3.8) is 0 Å². The van der Waals surface area contributed by atoms with E-state index in [1.807, 2.05) is 31.2 Å². The molecule has 0 saturated heterocycles. The van der Waals surface area contributed by atoms with E-state index < -0.39 is 0 Å². The predicted octanol–water partition coefficient (Wildman–Crippen LogP) is 3.15. The van der Waals surface area contributed by atoms with Crippen molar-refractivity contribution in [3.05, 3.63) is 35.4 Å².